The zero-order chi connectivity index (χ0) is 19.6. The maximum Gasteiger partial charge on any atom is 0.188 e. The SMILES string of the molecule is CS(=O)(=O)c1snnc1[C@@H]1CCCN(Cc2ccc(CN3CCOCC3)o2)C1. The van der Waals surface area contributed by atoms with Crippen LogP contribution >= 0.6 is 11.5 Å². The number of morpholine rings is 1. The van der Waals surface area contributed by atoms with E-state index in [1.54, 1.807) is 0 Å². The van der Waals surface area contributed by atoms with Crippen LogP contribution < -0.4 is 0 Å². The van der Waals surface area contributed by atoms with Crippen molar-refractivity contribution in [2.75, 3.05) is 45.6 Å². The van der Waals surface area contributed by atoms with E-state index in [0.717, 1.165) is 88.4 Å². The molecule has 2 saturated heterocycles. The molecule has 4 rings (SSSR count). The van der Waals surface area contributed by atoms with E-state index in [1.165, 1.54) is 6.26 Å². The van der Waals surface area contributed by atoms with Gasteiger partial charge in [-0.25, -0.2) is 8.42 Å². The Morgan fingerprint density at radius 1 is 1.14 bits per heavy atom. The highest BCUT2D eigenvalue weighted by molar-refractivity contribution is 7.92. The highest BCUT2D eigenvalue weighted by atomic mass is 32.2. The Hall–Kier alpha value is -1.33. The van der Waals surface area contributed by atoms with E-state index in [-0.39, 0.29) is 5.92 Å². The predicted octanol–water partition coefficient (Wildman–Crippen LogP) is 1.75. The Labute approximate surface area is 169 Å². The van der Waals surface area contributed by atoms with Gasteiger partial charge in [0.2, 0.25) is 0 Å². The minimum absolute atomic E-state index is 0.0972. The molecule has 0 saturated carbocycles. The molecule has 2 aromatic rings. The first-order valence-electron chi connectivity index (χ1n) is 9.61. The summed E-state index contributed by atoms with van der Waals surface area (Å²) in [4.78, 5) is 4.65. The maximum absolute atomic E-state index is 12.0. The fraction of sp³-hybridized carbons (Fsp3) is 0.667. The third kappa shape index (κ3) is 4.80. The normalized spacial score (nSPS) is 22.5. The lowest BCUT2D eigenvalue weighted by Crippen LogP contribution is -2.35. The summed E-state index contributed by atoms with van der Waals surface area (Å²) >= 11 is 0.975. The summed E-state index contributed by atoms with van der Waals surface area (Å²) in [6, 6.07) is 4.10. The minimum Gasteiger partial charge on any atom is -0.463 e. The maximum atomic E-state index is 12.0. The Bertz CT molecular complexity index is 889. The number of likely N-dealkylation sites (tertiary alicyclic amines) is 1. The van der Waals surface area contributed by atoms with Gasteiger partial charge < -0.3 is 9.15 Å². The van der Waals surface area contributed by atoms with Gasteiger partial charge in [-0.05, 0) is 31.5 Å². The number of furan rings is 1. The van der Waals surface area contributed by atoms with Crippen LogP contribution in [-0.2, 0) is 27.7 Å². The zero-order valence-corrected chi connectivity index (χ0v) is 17.7. The first kappa shape index (κ1) is 20.0. The molecule has 2 fully saturated rings. The van der Waals surface area contributed by atoms with Gasteiger partial charge in [0.25, 0.3) is 0 Å². The lowest BCUT2D eigenvalue weighted by Gasteiger charge is -2.31. The standard InChI is InChI=1S/C18H26N4O4S2/c1-28(23,24)18-17(19-20-27-18)14-3-2-6-22(11-14)13-16-5-4-15(26-16)12-21-7-9-25-10-8-21/h4-5,14H,2-3,6-13H2,1H3/t14-/m1/s1. The Balaban J connectivity index is 1.37. The van der Waals surface area contributed by atoms with E-state index in [2.05, 4.69) is 25.5 Å². The second-order valence-electron chi connectivity index (χ2n) is 7.55. The van der Waals surface area contributed by atoms with Gasteiger partial charge in [0.15, 0.2) is 14.0 Å². The molecule has 0 N–H and O–H groups in total. The average molecular weight is 427 g/mol. The number of hydrogen-bond donors (Lipinski definition) is 0. The molecule has 2 aromatic heterocycles. The molecule has 0 aromatic carbocycles. The number of hydrogen-bond acceptors (Lipinski definition) is 9. The molecule has 2 aliphatic rings. The zero-order valence-electron chi connectivity index (χ0n) is 16.0. The number of piperidine rings is 1. The second-order valence-corrected chi connectivity index (χ2v) is 10.5. The van der Waals surface area contributed by atoms with Crippen LogP contribution in [-0.4, -0.2) is 73.5 Å². The van der Waals surface area contributed by atoms with Gasteiger partial charge in [-0.3, -0.25) is 9.80 Å². The molecule has 10 heteroatoms. The Kier molecular flexibility index (Phi) is 6.12. The van der Waals surface area contributed by atoms with E-state index in [1.807, 2.05) is 6.07 Å². The van der Waals surface area contributed by atoms with Crippen LogP contribution in [0, 0.1) is 0 Å². The van der Waals surface area contributed by atoms with Crippen molar-refractivity contribution in [3.63, 3.8) is 0 Å². The van der Waals surface area contributed by atoms with E-state index < -0.39 is 9.84 Å². The molecule has 8 nitrogen and oxygen atoms in total. The molecule has 2 aliphatic heterocycles. The van der Waals surface area contributed by atoms with Crippen molar-refractivity contribution in [3.8, 4) is 0 Å². The van der Waals surface area contributed by atoms with Crippen molar-refractivity contribution in [3.05, 3.63) is 29.3 Å². The van der Waals surface area contributed by atoms with Crippen LogP contribution in [0.3, 0.4) is 0 Å². The highest BCUT2D eigenvalue weighted by Gasteiger charge is 2.29. The predicted molar refractivity (Wildman–Crippen MR) is 105 cm³/mol. The van der Waals surface area contributed by atoms with Gasteiger partial charge in [0.05, 0.1) is 32.0 Å². The monoisotopic (exact) mass is 426 g/mol. The van der Waals surface area contributed by atoms with E-state index in [4.69, 9.17) is 9.15 Å². The topological polar surface area (TPSA) is 88.8 Å². The Morgan fingerprint density at radius 2 is 1.86 bits per heavy atom. The number of rotatable bonds is 6. The van der Waals surface area contributed by atoms with Crippen LogP contribution in [0.5, 0.6) is 0 Å². The summed E-state index contributed by atoms with van der Waals surface area (Å²) in [5.74, 6) is 2.03. The highest BCUT2D eigenvalue weighted by Crippen LogP contribution is 2.32. The molecule has 4 heterocycles. The molecule has 0 radical (unpaired) electrons. The molecular formula is C18H26N4O4S2. The van der Waals surface area contributed by atoms with Gasteiger partial charge in [-0.1, -0.05) is 4.49 Å². The number of nitrogens with zero attached hydrogens (tertiary/aromatic N) is 4. The molecular weight excluding hydrogens is 400 g/mol. The van der Waals surface area contributed by atoms with Gasteiger partial charge in [0, 0.05) is 43.3 Å². The van der Waals surface area contributed by atoms with Crippen molar-refractivity contribution in [1.82, 2.24) is 19.4 Å². The van der Waals surface area contributed by atoms with Crippen LogP contribution in [0.1, 0.15) is 36.0 Å². The summed E-state index contributed by atoms with van der Waals surface area (Å²) in [7, 11) is -3.28. The van der Waals surface area contributed by atoms with Crippen LogP contribution in [0.4, 0.5) is 0 Å². The van der Waals surface area contributed by atoms with Crippen LogP contribution in [0.25, 0.3) is 0 Å². The molecule has 0 unspecified atom stereocenters. The van der Waals surface area contributed by atoms with Crippen molar-refractivity contribution in [2.24, 2.45) is 0 Å². The fourth-order valence-corrected chi connectivity index (χ4v) is 5.64. The van der Waals surface area contributed by atoms with E-state index >= 15 is 0 Å². The molecule has 0 amide bonds. The van der Waals surface area contributed by atoms with E-state index in [0.29, 0.717) is 9.90 Å². The van der Waals surface area contributed by atoms with Crippen LogP contribution in [0.15, 0.2) is 20.8 Å². The summed E-state index contributed by atoms with van der Waals surface area (Å²) in [5.41, 5.74) is 0.629. The van der Waals surface area contributed by atoms with E-state index in [9.17, 15) is 8.42 Å². The van der Waals surface area contributed by atoms with Crippen molar-refractivity contribution >= 4 is 21.4 Å². The number of ether oxygens (including phenoxy) is 1. The minimum atomic E-state index is -3.28. The third-order valence-electron chi connectivity index (χ3n) is 5.29. The second kappa shape index (κ2) is 8.58. The average Bonchev–Trinajstić information content (AvgIpc) is 3.32. The molecule has 0 bridgehead atoms. The largest absolute Gasteiger partial charge is 0.463 e. The van der Waals surface area contributed by atoms with Gasteiger partial charge in [-0.2, -0.15) is 0 Å². The number of aromatic nitrogens is 2. The summed E-state index contributed by atoms with van der Waals surface area (Å²) in [6.07, 6.45) is 3.17. The smallest absolute Gasteiger partial charge is 0.188 e. The third-order valence-corrected chi connectivity index (χ3v) is 7.84. The van der Waals surface area contributed by atoms with Gasteiger partial charge in [0.1, 0.15) is 11.5 Å². The summed E-state index contributed by atoms with van der Waals surface area (Å²) in [6.45, 7) is 6.73. The van der Waals surface area contributed by atoms with Crippen LogP contribution in [0.2, 0.25) is 0 Å². The lowest BCUT2D eigenvalue weighted by molar-refractivity contribution is 0.0310. The Morgan fingerprint density at radius 3 is 2.57 bits per heavy atom. The molecule has 154 valence electrons. The van der Waals surface area contributed by atoms with Crippen molar-refractivity contribution in [2.45, 2.75) is 36.1 Å². The van der Waals surface area contributed by atoms with Crippen molar-refractivity contribution in [1.29, 1.82) is 0 Å². The first-order chi connectivity index (χ1) is 13.5. The van der Waals surface area contributed by atoms with Gasteiger partial charge >= 0.3 is 0 Å². The summed E-state index contributed by atoms with van der Waals surface area (Å²) in [5, 5.41) is 4.14. The van der Waals surface area contributed by atoms with Crippen molar-refractivity contribution < 1.29 is 17.6 Å². The fourth-order valence-electron chi connectivity index (χ4n) is 3.91. The molecule has 28 heavy (non-hydrogen) atoms. The summed E-state index contributed by atoms with van der Waals surface area (Å²) < 4.78 is 39.6. The quantitative estimate of drug-likeness (QED) is 0.690. The first-order valence-corrected chi connectivity index (χ1v) is 12.3. The molecule has 0 spiro atoms. The molecule has 1 atom stereocenters. The van der Waals surface area contributed by atoms with Gasteiger partial charge in [-0.15, -0.1) is 5.10 Å². The number of sulfone groups is 1. The lowest BCUT2D eigenvalue weighted by atomic mass is 9.95. The molecule has 0 aliphatic carbocycles.